The zero-order valence-corrected chi connectivity index (χ0v) is 13.6. The lowest BCUT2D eigenvalue weighted by molar-refractivity contribution is 0.457. The van der Waals surface area contributed by atoms with Crippen LogP contribution in [0.2, 0.25) is 5.02 Å². The Balaban J connectivity index is 1.50. The van der Waals surface area contributed by atoms with Crippen LogP contribution in [0.1, 0.15) is 5.69 Å². The predicted molar refractivity (Wildman–Crippen MR) is 90.2 cm³/mol. The average Bonchev–Trinajstić information content (AvgIpc) is 2.97. The molecule has 1 aromatic carbocycles. The van der Waals surface area contributed by atoms with Crippen LogP contribution in [0.4, 0.5) is 11.8 Å². The summed E-state index contributed by atoms with van der Waals surface area (Å²) in [5.74, 6) is 0.619. The van der Waals surface area contributed by atoms with E-state index in [0.29, 0.717) is 28.1 Å². The van der Waals surface area contributed by atoms with Gasteiger partial charge in [-0.25, -0.2) is 9.97 Å². The molecule has 0 spiro atoms. The number of fused-ring (bicyclic) bond motifs is 1. The largest absolute Gasteiger partial charge is 0.423 e. The van der Waals surface area contributed by atoms with Gasteiger partial charge >= 0.3 is 0 Å². The average molecular weight is 341 g/mol. The highest BCUT2D eigenvalue weighted by molar-refractivity contribution is 6.31. The molecule has 24 heavy (non-hydrogen) atoms. The smallest absolute Gasteiger partial charge is 0.298 e. The van der Waals surface area contributed by atoms with Crippen molar-refractivity contribution >= 4 is 34.5 Å². The first-order valence-electron chi connectivity index (χ1n) is 7.40. The van der Waals surface area contributed by atoms with Crippen LogP contribution in [-0.2, 0) is 0 Å². The molecule has 0 N–H and O–H groups in total. The van der Waals surface area contributed by atoms with E-state index >= 15 is 0 Å². The maximum absolute atomic E-state index is 9.12. The number of benzene rings is 1. The monoisotopic (exact) mass is 340 g/mol. The van der Waals surface area contributed by atoms with Gasteiger partial charge in [-0.3, -0.25) is 0 Å². The topological polar surface area (TPSA) is 82.1 Å². The molecule has 0 atom stereocenters. The van der Waals surface area contributed by atoms with Gasteiger partial charge in [-0.2, -0.15) is 10.2 Å². The molecule has 0 bridgehead atoms. The third-order valence-corrected chi connectivity index (χ3v) is 4.37. The molecule has 1 saturated heterocycles. The number of anilines is 2. The van der Waals surface area contributed by atoms with Gasteiger partial charge in [0.05, 0.1) is 6.04 Å². The summed E-state index contributed by atoms with van der Waals surface area (Å²) in [6.45, 7) is 1.45. The molecule has 3 aromatic rings. The summed E-state index contributed by atoms with van der Waals surface area (Å²) >= 11 is 5.98. The minimum absolute atomic E-state index is 0.224. The maximum atomic E-state index is 9.12. The van der Waals surface area contributed by atoms with E-state index in [0.717, 1.165) is 18.6 Å². The van der Waals surface area contributed by atoms with E-state index in [1.807, 2.05) is 22.9 Å². The fourth-order valence-corrected chi connectivity index (χ4v) is 2.88. The van der Waals surface area contributed by atoms with Crippen LogP contribution in [0.3, 0.4) is 0 Å². The minimum atomic E-state index is 0.224. The number of oxazole rings is 1. The molecule has 1 aliphatic heterocycles. The summed E-state index contributed by atoms with van der Waals surface area (Å²) in [4.78, 5) is 16.8. The van der Waals surface area contributed by atoms with Crippen molar-refractivity contribution in [2.75, 3.05) is 29.9 Å². The molecular formula is C16H13ClN6O. The van der Waals surface area contributed by atoms with Gasteiger partial charge < -0.3 is 14.2 Å². The van der Waals surface area contributed by atoms with Crippen LogP contribution < -0.4 is 9.80 Å². The van der Waals surface area contributed by atoms with Crippen molar-refractivity contribution in [2.45, 2.75) is 6.04 Å². The molecular weight excluding hydrogens is 328 g/mol. The first-order chi connectivity index (χ1) is 11.7. The molecule has 0 aliphatic carbocycles. The number of halogens is 1. The van der Waals surface area contributed by atoms with E-state index in [1.54, 1.807) is 18.3 Å². The standard InChI is InChI=1S/C16H13ClN6O/c1-22(16-21-12-6-10(17)2-3-14(12)24-16)11-8-23(9-11)15-13(7-18)19-4-5-20-15/h2-6,11H,8-9H2,1H3. The summed E-state index contributed by atoms with van der Waals surface area (Å²) in [6, 6.07) is 8.22. The van der Waals surface area contributed by atoms with Crippen LogP contribution in [0.25, 0.3) is 11.1 Å². The number of likely N-dealkylation sites (N-methyl/N-ethyl adjacent to an activating group) is 1. The molecule has 0 amide bonds. The van der Waals surface area contributed by atoms with Crippen LogP contribution in [0.5, 0.6) is 0 Å². The van der Waals surface area contributed by atoms with E-state index in [-0.39, 0.29) is 6.04 Å². The Morgan fingerprint density at radius 3 is 2.92 bits per heavy atom. The molecule has 1 fully saturated rings. The molecule has 1 aliphatic rings. The highest BCUT2D eigenvalue weighted by Gasteiger charge is 2.34. The summed E-state index contributed by atoms with van der Waals surface area (Å²) in [5.41, 5.74) is 1.79. The third-order valence-electron chi connectivity index (χ3n) is 4.13. The highest BCUT2D eigenvalue weighted by Crippen LogP contribution is 2.29. The van der Waals surface area contributed by atoms with E-state index in [2.05, 4.69) is 21.0 Å². The third kappa shape index (κ3) is 2.41. The minimum Gasteiger partial charge on any atom is -0.423 e. The van der Waals surface area contributed by atoms with Crippen molar-refractivity contribution < 1.29 is 4.42 Å². The Morgan fingerprint density at radius 1 is 1.33 bits per heavy atom. The van der Waals surface area contributed by atoms with Crippen molar-refractivity contribution in [3.63, 3.8) is 0 Å². The fraction of sp³-hybridized carbons (Fsp3) is 0.250. The van der Waals surface area contributed by atoms with Gasteiger partial charge in [0.2, 0.25) is 0 Å². The van der Waals surface area contributed by atoms with Crippen molar-refractivity contribution in [3.05, 3.63) is 41.3 Å². The zero-order valence-electron chi connectivity index (χ0n) is 12.8. The van der Waals surface area contributed by atoms with E-state index in [1.165, 1.54) is 6.20 Å². The summed E-state index contributed by atoms with van der Waals surface area (Å²) in [7, 11) is 1.94. The second-order valence-corrected chi connectivity index (χ2v) is 6.05. The Bertz CT molecular complexity index is 943. The van der Waals surface area contributed by atoms with Crippen LogP contribution in [0, 0.1) is 11.3 Å². The zero-order chi connectivity index (χ0) is 16.7. The fourth-order valence-electron chi connectivity index (χ4n) is 2.71. The molecule has 7 nitrogen and oxygen atoms in total. The van der Waals surface area contributed by atoms with Crippen LogP contribution >= 0.6 is 11.6 Å². The van der Waals surface area contributed by atoms with Gasteiger partial charge in [-0.05, 0) is 18.2 Å². The Morgan fingerprint density at radius 2 is 2.12 bits per heavy atom. The normalized spacial score (nSPS) is 14.5. The number of hydrogen-bond donors (Lipinski definition) is 0. The molecule has 3 heterocycles. The number of nitrogens with zero attached hydrogens (tertiary/aromatic N) is 6. The highest BCUT2D eigenvalue weighted by atomic mass is 35.5. The first kappa shape index (κ1) is 14.7. The van der Waals surface area contributed by atoms with Gasteiger partial charge in [0.25, 0.3) is 6.01 Å². The van der Waals surface area contributed by atoms with E-state index in [9.17, 15) is 0 Å². The second kappa shape index (κ2) is 5.65. The lowest BCUT2D eigenvalue weighted by Crippen LogP contribution is -2.59. The Kier molecular flexibility index (Phi) is 3.47. The Hall–Kier alpha value is -2.85. The quantitative estimate of drug-likeness (QED) is 0.724. The number of rotatable bonds is 3. The molecule has 0 unspecified atom stereocenters. The van der Waals surface area contributed by atoms with Crippen molar-refractivity contribution in [3.8, 4) is 6.07 Å². The molecule has 120 valence electrons. The van der Waals surface area contributed by atoms with Crippen LogP contribution in [0.15, 0.2) is 35.0 Å². The molecule has 4 rings (SSSR count). The molecule has 0 radical (unpaired) electrons. The molecule has 8 heteroatoms. The maximum Gasteiger partial charge on any atom is 0.298 e. The number of hydrogen-bond acceptors (Lipinski definition) is 7. The Labute approximate surface area is 143 Å². The van der Waals surface area contributed by atoms with Crippen molar-refractivity contribution in [1.29, 1.82) is 5.26 Å². The van der Waals surface area contributed by atoms with Crippen molar-refractivity contribution in [1.82, 2.24) is 15.0 Å². The van der Waals surface area contributed by atoms with E-state index in [4.69, 9.17) is 21.3 Å². The van der Waals surface area contributed by atoms with Crippen molar-refractivity contribution in [2.24, 2.45) is 0 Å². The summed E-state index contributed by atoms with van der Waals surface area (Å²) < 4.78 is 5.78. The number of nitriles is 1. The second-order valence-electron chi connectivity index (χ2n) is 5.62. The van der Waals surface area contributed by atoms with Gasteiger partial charge in [-0.1, -0.05) is 11.6 Å². The lowest BCUT2D eigenvalue weighted by Gasteiger charge is -2.43. The summed E-state index contributed by atoms with van der Waals surface area (Å²) in [6.07, 6.45) is 3.12. The molecule has 2 aromatic heterocycles. The van der Waals surface area contributed by atoms with Gasteiger partial charge in [0, 0.05) is 37.6 Å². The summed E-state index contributed by atoms with van der Waals surface area (Å²) in [5, 5.41) is 9.75. The molecule has 0 saturated carbocycles. The number of aromatic nitrogens is 3. The predicted octanol–water partition coefficient (Wildman–Crippen LogP) is 2.47. The van der Waals surface area contributed by atoms with Gasteiger partial charge in [0.15, 0.2) is 17.1 Å². The van der Waals surface area contributed by atoms with Gasteiger partial charge in [0.1, 0.15) is 11.6 Å². The first-order valence-corrected chi connectivity index (χ1v) is 7.78. The SMILES string of the molecule is CN(c1nc2cc(Cl)ccc2o1)C1CN(c2nccnc2C#N)C1. The van der Waals surface area contributed by atoms with Gasteiger partial charge in [-0.15, -0.1) is 0 Å². The van der Waals surface area contributed by atoms with E-state index < -0.39 is 0 Å². The van der Waals surface area contributed by atoms with Crippen LogP contribution in [-0.4, -0.2) is 41.1 Å². The lowest BCUT2D eigenvalue weighted by atomic mass is 10.1.